The number of nitroso groups, excluding NO2 is 1. The average molecular weight is 340 g/mol. The second kappa shape index (κ2) is 7.05. The van der Waals surface area contributed by atoms with Gasteiger partial charge in [-0.3, -0.25) is 4.21 Å². The Balaban J connectivity index is 5.47. The fourth-order valence-electron chi connectivity index (χ4n) is 1.63. The van der Waals surface area contributed by atoms with E-state index in [1.54, 1.807) is 48.5 Å². The van der Waals surface area contributed by atoms with Gasteiger partial charge in [0.1, 0.15) is 0 Å². The summed E-state index contributed by atoms with van der Waals surface area (Å²) >= 11 is 5.64. The van der Waals surface area contributed by atoms with Gasteiger partial charge < -0.3 is 5.32 Å². The highest BCUT2D eigenvalue weighted by Gasteiger charge is 2.49. The molecule has 0 radical (unpaired) electrons. The Labute approximate surface area is 134 Å². The Morgan fingerprint density at radius 1 is 1.19 bits per heavy atom. The van der Waals surface area contributed by atoms with Crippen molar-refractivity contribution < 1.29 is 9.00 Å². The fraction of sp³-hybridized carbons (Fsp3) is 0.923. The van der Waals surface area contributed by atoms with Gasteiger partial charge in [-0.15, -0.1) is 16.5 Å². The molecule has 2 amide bonds. The Kier molecular flexibility index (Phi) is 6.82. The number of halogens is 1. The van der Waals surface area contributed by atoms with Crippen molar-refractivity contribution in [3.05, 3.63) is 4.91 Å². The maximum absolute atomic E-state index is 12.4. The van der Waals surface area contributed by atoms with Crippen LogP contribution in [0.1, 0.15) is 48.5 Å². The van der Waals surface area contributed by atoms with Crippen LogP contribution in [-0.4, -0.2) is 42.7 Å². The molecule has 0 heterocycles. The van der Waals surface area contributed by atoms with E-state index in [0.717, 1.165) is 5.01 Å². The SMILES string of the molecule is CC(C)(C)NC(=O)N(N=O)C(C)(C)C(C)(C)S(=O)CCCl. The third-order valence-corrected chi connectivity index (χ3v) is 6.22. The lowest BCUT2D eigenvalue weighted by Gasteiger charge is -2.44. The van der Waals surface area contributed by atoms with Crippen LogP contribution in [0.5, 0.6) is 0 Å². The van der Waals surface area contributed by atoms with E-state index in [0.29, 0.717) is 0 Å². The highest BCUT2D eigenvalue weighted by atomic mass is 35.5. The molecule has 0 aliphatic heterocycles. The van der Waals surface area contributed by atoms with Crippen LogP contribution in [0.3, 0.4) is 0 Å². The Hall–Kier alpha value is -0.690. The van der Waals surface area contributed by atoms with Crippen LogP contribution in [0.15, 0.2) is 5.29 Å². The van der Waals surface area contributed by atoms with Gasteiger partial charge >= 0.3 is 6.03 Å². The number of urea groups is 1. The largest absolute Gasteiger partial charge is 0.341 e. The van der Waals surface area contributed by atoms with Crippen LogP contribution in [0.2, 0.25) is 0 Å². The average Bonchev–Trinajstić information content (AvgIpc) is 2.26. The molecule has 124 valence electrons. The second-order valence-electron chi connectivity index (χ2n) is 6.88. The van der Waals surface area contributed by atoms with Gasteiger partial charge in [0.15, 0.2) is 0 Å². The molecule has 0 bridgehead atoms. The smallest absolute Gasteiger partial charge is 0.332 e. The molecule has 0 aliphatic rings. The molecule has 0 saturated carbocycles. The maximum Gasteiger partial charge on any atom is 0.341 e. The lowest BCUT2D eigenvalue weighted by atomic mass is 9.89. The van der Waals surface area contributed by atoms with Crippen molar-refractivity contribution in [1.29, 1.82) is 0 Å². The number of rotatable bonds is 6. The summed E-state index contributed by atoms with van der Waals surface area (Å²) in [7, 11) is -1.31. The molecule has 0 fully saturated rings. The zero-order chi connectivity index (χ0) is 17.1. The molecule has 1 atom stereocenters. The predicted molar refractivity (Wildman–Crippen MR) is 87.8 cm³/mol. The number of carbonyl (C=O) groups is 1. The van der Waals surface area contributed by atoms with E-state index in [2.05, 4.69) is 10.6 Å². The molecule has 1 unspecified atom stereocenters. The van der Waals surface area contributed by atoms with Crippen molar-refractivity contribution in [2.24, 2.45) is 5.29 Å². The van der Waals surface area contributed by atoms with E-state index < -0.39 is 32.7 Å². The lowest BCUT2D eigenvalue weighted by Crippen LogP contribution is -2.63. The van der Waals surface area contributed by atoms with Crippen LogP contribution in [-0.2, 0) is 10.8 Å². The van der Waals surface area contributed by atoms with Gasteiger partial charge in [0.2, 0.25) is 0 Å². The monoisotopic (exact) mass is 339 g/mol. The van der Waals surface area contributed by atoms with E-state index >= 15 is 0 Å². The molecule has 0 aromatic heterocycles. The van der Waals surface area contributed by atoms with Gasteiger partial charge in [-0.2, -0.15) is 5.01 Å². The molecule has 0 spiro atoms. The number of nitrogens with zero attached hydrogens (tertiary/aromatic N) is 2. The summed E-state index contributed by atoms with van der Waals surface area (Å²) in [6.07, 6.45) is 0. The van der Waals surface area contributed by atoms with Gasteiger partial charge in [-0.25, -0.2) is 4.79 Å². The van der Waals surface area contributed by atoms with Gasteiger partial charge in [-0.05, 0) is 48.5 Å². The molecule has 0 aromatic rings. The Morgan fingerprint density at radius 2 is 1.67 bits per heavy atom. The molecule has 0 rings (SSSR count). The zero-order valence-corrected chi connectivity index (χ0v) is 15.4. The normalized spacial score (nSPS) is 14.5. The molecule has 1 N–H and O–H groups in total. The molecular formula is C13H26ClN3O3S. The minimum Gasteiger partial charge on any atom is -0.332 e. The van der Waals surface area contributed by atoms with Crippen molar-refractivity contribution in [2.75, 3.05) is 11.6 Å². The first kappa shape index (κ1) is 20.3. The fourth-order valence-corrected chi connectivity index (χ4v) is 3.34. The summed E-state index contributed by atoms with van der Waals surface area (Å²) in [6.45, 7) is 12.2. The van der Waals surface area contributed by atoms with Crippen LogP contribution < -0.4 is 5.32 Å². The number of nitrogens with one attached hydrogen (secondary N) is 1. The summed E-state index contributed by atoms with van der Waals surface area (Å²) in [5.41, 5.74) is -1.55. The Bertz CT molecular complexity index is 419. The van der Waals surface area contributed by atoms with E-state index in [9.17, 15) is 13.9 Å². The van der Waals surface area contributed by atoms with Gasteiger partial charge in [0, 0.05) is 28.0 Å². The first-order valence-electron chi connectivity index (χ1n) is 6.71. The standard InChI is InChI=1S/C13H26ClN3O3S/c1-11(2,3)15-10(18)17(16-19)12(4,5)13(6,7)21(20)9-8-14/h8-9H2,1-7H3,(H,15,18). The third kappa shape index (κ3) is 4.92. The van der Waals surface area contributed by atoms with E-state index in [-0.39, 0.29) is 11.6 Å². The van der Waals surface area contributed by atoms with Gasteiger partial charge in [-0.1, -0.05) is 0 Å². The quantitative estimate of drug-likeness (QED) is 0.459. The van der Waals surface area contributed by atoms with Crippen LogP contribution in [0.4, 0.5) is 4.79 Å². The van der Waals surface area contributed by atoms with Crippen molar-refractivity contribution in [3.8, 4) is 0 Å². The third-order valence-electron chi connectivity index (χ3n) is 3.59. The maximum atomic E-state index is 12.4. The number of amides is 2. The van der Waals surface area contributed by atoms with Crippen molar-refractivity contribution in [1.82, 2.24) is 10.3 Å². The summed E-state index contributed by atoms with van der Waals surface area (Å²) in [5, 5.41) is 6.37. The van der Waals surface area contributed by atoms with Gasteiger partial charge in [0.05, 0.1) is 15.6 Å². The molecular weight excluding hydrogens is 314 g/mol. The molecule has 0 aromatic carbocycles. The topological polar surface area (TPSA) is 78.8 Å². The molecule has 6 nitrogen and oxygen atoms in total. The highest BCUT2D eigenvalue weighted by molar-refractivity contribution is 7.86. The van der Waals surface area contributed by atoms with Crippen molar-refractivity contribution in [3.63, 3.8) is 0 Å². The molecule has 0 aliphatic carbocycles. The summed E-state index contributed by atoms with van der Waals surface area (Å²) in [4.78, 5) is 23.5. The number of carbonyl (C=O) groups excluding carboxylic acids is 1. The van der Waals surface area contributed by atoms with Crippen LogP contribution in [0, 0.1) is 4.91 Å². The van der Waals surface area contributed by atoms with E-state index in [4.69, 9.17) is 11.6 Å². The van der Waals surface area contributed by atoms with Crippen LogP contribution in [0.25, 0.3) is 0 Å². The first-order chi connectivity index (χ1) is 9.31. The summed E-state index contributed by atoms with van der Waals surface area (Å²) < 4.78 is 11.5. The zero-order valence-electron chi connectivity index (χ0n) is 13.8. The van der Waals surface area contributed by atoms with Crippen molar-refractivity contribution >= 4 is 28.4 Å². The van der Waals surface area contributed by atoms with Gasteiger partial charge in [0.25, 0.3) is 0 Å². The molecule has 0 saturated heterocycles. The highest BCUT2D eigenvalue weighted by Crippen LogP contribution is 2.34. The second-order valence-corrected chi connectivity index (χ2v) is 9.38. The van der Waals surface area contributed by atoms with E-state index in [1.165, 1.54) is 0 Å². The van der Waals surface area contributed by atoms with E-state index in [1.807, 2.05) is 0 Å². The first-order valence-corrected chi connectivity index (χ1v) is 8.56. The Morgan fingerprint density at radius 3 is 2.00 bits per heavy atom. The molecule has 8 heteroatoms. The predicted octanol–water partition coefficient (Wildman–Crippen LogP) is 3.02. The van der Waals surface area contributed by atoms with Crippen molar-refractivity contribution in [2.45, 2.75) is 64.3 Å². The number of hydrogen-bond acceptors (Lipinski definition) is 4. The number of alkyl halides is 1. The summed E-state index contributed by atoms with van der Waals surface area (Å²) in [5.74, 6) is 0.528. The molecule has 21 heavy (non-hydrogen) atoms. The summed E-state index contributed by atoms with van der Waals surface area (Å²) in [6, 6.07) is -0.613. The minimum atomic E-state index is -1.31. The number of hydrogen-bond donors (Lipinski definition) is 1. The van der Waals surface area contributed by atoms with Crippen LogP contribution >= 0.6 is 11.6 Å². The lowest BCUT2D eigenvalue weighted by molar-refractivity contribution is 0.108. The minimum absolute atomic E-state index is 0.245.